The van der Waals surface area contributed by atoms with E-state index < -0.39 is 11.0 Å². The number of non-ortho nitro benzene ring substituents is 1. The van der Waals surface area contributed by atoms with Gasteiger partial charge in [-0.2, -0.15) is 0 Å². The second-order valence-electron chi connectivity index (χ2n) is 4.05. The lowest BCUT2D eigenvalue weighted by Crippen LogP contribution is -2.17. The minimum atomic E-state index is -0.492. The van der Waals surface area contributed by atoms with Crippen molar-refractivity contribution in [3.05, 3.63) is 38.9 Å². The van der Waals surface area contributed by atoms with Gasteiger partial charge >= 0.3 is 0 Å². The van der Waals surface area contributed by atoms with Crippen molar-refractivity contribution in [2.45, 2.75) is 26.4 Å². The van der Waals surface area contributed by atoms with Gasteiger partial charge < -0.3 is 5.11 Å². The van der Waals surface area contributed by atoms with E-state index in [1.165, 1.54) is 12.1 Å². The number of aliphatic hydroxyl groups is 1. The van der Waals surface area contributed by atoms with Crippen LogP contribution in [-0.2, 0) is 6.42 Å². The lowest BCUT2D eigenvalue weighted by atomic mass is 9.99. The van der Waals surface area contributed by atoms with E-state index in [-0.39, 0.29) is 11.6 Å². The van der Waals surface area contributed by atoms with Crippen molar-refractivity contribution in [1.29, 1.82) is 0 Å². The van der Waals surface area contributed by atoms with E-state index in [9.17, 15) is 15.2 Å². The van der Waals surface area contributed by atoms with Crippen LogP contribution >= 0.6 is 11.6 Å². The van der Waals surface area contributed by atoms with Crippen molar-refractivity contribution < 1.29 is 10.0 Å². The lowest BCUT2D eigenvalue weighted by molar-refractivity contribution is -0.384. The fourth-order valence-corrected chi connectivity index (χ4v) is 1.53. The molecule has 1 rings (SSSR count). The third-order valence-corrected chi connectivity index (χ3v) is 2.80. The number of rotatable bonds is 4. The van der Waals surface area contributed by atoms with Gasteiger partial charge in [-0.15, -0.1) is 0 Å². The predicted octanol–water partition coefficient (Wildman–Crippen LogP) is 2.81. The van der Waals surface area contributed by atoms with Gasteiger partial charge in [-0.3, -0.25) is 10.1 Å². The van der Waals surface area contributed by atoms with E-state index in [0.717, 1.165) is 5.56 Å². The van der Waals surface area contributed by atoms with Crippen molar-refractivity contribution in [1.82, 2.24) is 0 Å². The van der Waals surface area contributed by atoms with Crippen LogP contribution in [0.5, 0.6) is 0 Å². The zero-order valence-electron chi connectivity index (χ0n) is 9.18. The average Bonchev–Trinajstić information content (AvgIpc) is 2.20. The Morgan fingerprint density at radius 1 is 1.50 bits per heavy atom. The van der Waals surface area contributed by atoms with Gasteiger partial charge in [0.15, 0.2) is 0 Å². The topological polar surface area (TPSA) is 63.4 Å². The molecular weight excluding hydrogens is 230 g/mol. The molecule has 0 saturated carbocycles. The standard InChI is InChI=1S/C11H14ClNO3/c1-7(2)11(14)5-8-3-4-9(13(15)16)6-10(8)12/h3-4,6-7,11,14H,5H2,1-2H3. The van der Waals surface area contributed by atoms with E-state index in [1.807, 2.05) is 13.8 Å². The summed E-state index contributed by atoms with van der Waals surface area (Å²) in [5.74, 6) is 0.131. The van der Waals surface area contributed by atoms with Crippen LogP contribution in [0.3, 0.4) is 0 Å². The Kier molecular flexibility index (Phi) is 4.26. The maximum atomic E-state index is 10.5. The van der Waals surface area contributed by atoms with Gasteiger partial charge in [0.25, 0.3) is 5.69 Å². The molecule has 0 heterocycles. The van der Waals surface area contributed by atoms with Gasteiger partial charge in [-0.25, -0.2) is 0 Å². The molecule has 0 amide bonds. The molecule has 0 aliphatic heterocycles. The minimum Gasteiger partial charge on any atom is -0.393 e. The molecule has 0 radical (unpaired) electrons. The Labute approximate surface area is 99.0 Å². The molecule has 0 aliphatic carbocycles. The summed E-state index contributed by atoms with van der Waals surface area (Å²) in [4.78, 5) is 10.0. The number of hydrogen-bond acceptors (Lipinski definition) is 3. The van der Waals surface area contributed by atoms with Gasteiger partial charge in [0, 0.05) is 18.6 Å². The number of nitro groups is 1. The van der Waals surface area contributed by atoms with Crippen LogP contribution in [0, 0.1) is 16.0 Å². The largest absolute Gasteiger partial charge is 0.393 e. The van der Waals surface area contributed by atoms with Gasteiger partial charge in [0.2, 0.25) is 0 Å². The number of hydrogen-bond donors (Lipinski definition) is 1. The first-order valence-electron chi connectivity index (χ1n) is 5.02. The molecule has 16 heavy (non-hydrogen) atoms. The second kappa shape index (κ2) is 5.27. The van der Waals surface area contributed by atoms with Crippen LogP contribution in [0.25, 0.3) is 0 Å². The summed E-state index contributed by atoms with van der Waals surface area (Å²) >= 11 is 5.91. The monoisotopic (exact) mass is 243 g/mol. The number of aliphatic hydroxyl groups excluding tert-OH is 1. The van der Waals surface area contributed by atoms with Gasteiger partial charge in [0.05, 0.1) is 16.0 Å². The third kappa shape index (κ3) is 3.18. The van der Waals surface area contributed by atoms with E-state index in [2.05, 4.69) is 0 Å². The lowest BCUT2D eigenvalue weighted by Gasteiger charge is -2.14. The fraction of sp³-hybridized carbons (Fsp3) is 0.455. The summed E-state index contributed by atoms with van der Waals surface area (Å²) < 4.78 is 0. The van der Waals surface area contributed by atoms with Gasteiger partial charge in [0.1, 0.15) is 0 Å². The van der Waals surface area contributed by atoms with Crippen molar-refractivity contribution in [3.8, 4) is 0 Å². The van der Waals surface area contributed by atoms with Crippen molar-refractivity contribution in [3.63, 3.8) is 0 Å². The molecular formula is C11H14ClNO3. The molecule has 0 spiro atoms. The number of nitrogens with zero attached hydrogens (tertiary/aromatic N) is 1. The first-order chi connectivity index (χ1) is 7.41. The molecule has 0 aliphatic rings. The zero-order valence-corrected chi connectivity index (χ0v) is 9.94. The zero-order chi connectivity index (χ0) is 12.3. The van der Waals surface area contributed by atoms with Crippen molar-refractivity contribution >= 4 is 17.3 Å². The van der Waals surface area contributed by atoms with Crippen LogP contribution in [-0.4, -0.2) is 16.1 Å². The summed E-state index contributed by atoms with van der Waals surface area (Å²) in [5.41, 5.74) is 0.696. The molecule has 1 unspecified atom stereocenters. The summed E-state index contributed by atoms with van der Waals surface area (Å²) in [7, 11) is 0. The van der Waals surface area contributed by atoms with Crippen LogP contribution < -0.4 is 0 Å². The van der Waals surface area contributed by atoms with Crippen molar-refractivity contribution in [2.75, 3.05) is 0 Å². The molecule has 88 valence electrons. The molecule has 1 aromatic carbocycles. The second-order valence-corrected chi connectivity index (χ2v) is 4.46. The van der Waals surface area contributed by atoms with Crippen molar-refractivity contribution in [2.24, 2.45) is 5.92 Å². The minimum absolute atomic E-state index is 0.0345. The highest BCUT2D eigenvalue weighted by atomic mass is 35.5. The SMILES string of the molecule is CC(C)C(O)Cc1ccc([N+](=O)[O-])cc1Cl. The normalized spacial score (nSPS) is 12.8. The number of halogens is 1. The molecule has 0 fully saturated rings. The smallest absolute Gasteiger partial charge is 0.270 e. The molecule has 1 atom stereocenters. The Morgan fingerprint density at radius 2 is 2.12 bits per heavy atom. The number of nitro benzene ring substituents is 1. The number of benzene rings is 1. The average molecular weight is 244 g/mol. The molecule has 5 heteroatoms. The molecule has 0 bridgehead atoms. The summed E-state index contributed by atoms with van der Waals surface area (Å²) in [6, 6.07) is 4.30. The Bertz CT molecular complexity index is 393. The Hall–Kier alpha value is -1.13. The highest BCUT2D eigenvalue weighted by molar-refractivity contribution is 6.31. The summed E-state index contributed by atoms with van der Waals surface area (Å²) in [6.45, 7) is 3.81. The molecule has 1 N–H and O–H groups in total. The first-order valence-corrected chi connectivity index (χ1v) is 5.40. The summed E-state index contributed by atoms with van der Waals surface area (Å²) in [5, 5.41) is 20.5. The quantitative estimate of drug-likeness (QED) is 0.653. The van der Waals surface area contributed by atoms with E-state index >= 15 is 0 Å². The summed E-state index contributed by atoms with van der Waals surface area (Å²) in [6.07, 6.45) is -0.0759. The van der Waals surface area contributed by atoms with Gasteiger partial charge in [-0.1, -0.05) is 31.5 Å². The molecule has 0 saturated heterocycles. The fourth-order valence-electron chi connectivity index (χ4n) is 1.28. The van der Waals surface area contributed by atoms with Gasteiger partial charge in [-0.05, 0) is 11.5 Å². The molecule has 0 aromatic heterocycles. The highest BCUT2D eigenvalue weighted by Gasteiger charge is 2.14. The highest BCUT2D eigenvalue weighted by Crippen LogP contribution is 2.24. The van der Waals surface area contributed by atoms with Crippen LogP contribution in [0.4, 0.5) is 5.69 Å². The van der Waals surface area contributed by atoms with Crippen LogP contribution in [0.2, 0.25) is 5.02 Å². The maximum absolute atomic E-state index is 10.5. The van der Waals surface area contributed by atoms with E-state index in [0.29, 0.717) is 11.4 Å². The first kappa shape index (κ1) is 12.9. The Morgan fingerprint density at radius 3 is 2.56 bits per heavy atom. The Balaban J connectivity index is 2.87. The maximum Gasteiger partial charge on any atom is 0.270 e. The molecule has 1 aromatic rings. The predicted molar refractivity (Wildman–Crippen MR) is 62.7 cm³/mol. The van der Waals surface area contributed by atoms with E-state index in [1.54, 1.807) is 6.07 Å². The third-order valence-electron chi connectivity index (χ3n) is 2.45. The van der Waals surface area contributed by atoms with E-state index in [4.69, 9.17) is 11.6 Å². The van der Waals surface area contributed by atoms with Crippen LogP contribution in [0.15, 0.2) is 18.2 Å². The van der Waals surface area contributed by atoms with Crippen LogP contribution in [0.1, 0.15) is 19.4 Å². The molecule has 4 nitrogen and oxygen atoms in total.